The summed E-state index contributed by atoms with van der Waals surface area (Å²) >= 11 is 0. The molecule has 0 bridgehead atoms. The Labute approximate surface area is 107 Å². The predicted molar refractivity (Wildman–Crippen MR) is 75.4 cm³/mol. The summed E-state index contributed by atoms with van der Waals surface area (Å²) in [6, 6.07) is 16.1. The summed E-state index contributed by atoms with van der Waals surface area (Å²) in [7, 11) is 0. The average molecular weight is 242 g/mol. The Balaban J connectivity index is 1.95. The van der Waals surface area contributed by atoms with Crippen LogP contribution in [-0.4, -0.2) is 11.5 Å². The molecular formula is C14H18N4. The minimum Gasteiger partial charge on any atom is -0.369 e. The lowest BCUT2D eigenvalue weighted by molar-refractivity contribution is 0.801. The van der Waals surface area contributed by atoms with Crippen molar-refractivity contribution in [2.45, 2.75) is 12.8 Å². The van der Waals surface area contributed by atoms with Gasteiger partial charge >= 0.3 is 0 Å². The largest absolute Gasteiger partial charge is 0.369 e. The Morgan fingerprint density at radius 2 is 1.78 bits per heavy atom. The second-order valence-electron chi connectivity index (χ2n) is 4.25. The van der Waals surface area contributed by atoms with Gasteiger partial charge in [0.15, 0.2) is 0 Å². The van der Waals surface area contributed by atoms with Crippen LogP contribution in [0.2, 0.25) is 0 Å². The van der Waals surface area contributed by atoms with Crippen molar-refractivity contribution in [2.75, 3.05) is 17.3 Å². The SMILES string of the molecule is CC(CNc1cccc(NN)n1)c1ccccc1. The van der Waals surface area contributed by atoms with E-state index in [9.17, 15) is 0 Å². The molecule has 2 rings (SSSR count). The number of nitrogens with one attached hydrogen (secondary N) is 2. The van der Waals surface area contributed by atoms with Crippen LogP contribution in [0.3, 0.4) is 0 Å². The van der Waals surface area contributed by atoms with E-state index in [1.165, 1.54) is 5.56 Å². The molecule has 4 nitrogen and oxygen atoms in total. The fraction of sp³-hybridized carbons (Fsp3) is 0.214. The van der Waals surface area contributed by atoms with E-state index in [0.717, 1.165) is 12.4 Å². The lowest BCUT2D eigenvalue weighted by Crippen LogP contribution is -2.13. The first-order chi connectivity index (χ1) is 8.79. The van der Waals surface area contributed by atoms with Crippen LogP contribution < -0.4 is 16.6 Å². The van der Waals surface area contributed by atoms with Gasteiger partial charge in [-0.3, -0.25) is 0 Å². The summed E-state index contributed by atoms with van der Waals surface area (Å²) in [6.07, 6.45) is 0. The number of nitrogen functional groups attached to an aromatic ring is 1. The third-order valence-electron chi connectivity index (χ3n) is 2.85. The van der Waals surface area contributed by atoms with Gasteiger partial charge in [0.25, 0.3) is 0 Å². The van der Waals surface area contributed by atoms with Crippen LogP contribution in [-0.2, 0) is 0 Å². The van der Waals surface area contributed by atoms with Gasteiger partial charge < -0.3 is 10.7 Å². The molecule has 0 fully saturated rings. The Morgan fingerprint density at radius 3 is 2.50 bits per heavy atom. The molecule has 4 heteroatoms. The molecule has 1 atom stereocenters. The van der Waals surface area contributed by atoms with Gasteiger partial charge in [0.1, 0.15) is 11.6 Å². The second kappa shape index (κ2) is 6.02. The van der Waals surface area contributed by atoms with Crippen LogP contribution in [0.4, 0.5) is 11.6 Å². The van der Waals surface area contributed by atoms with Crippen LogP contribution in [0.1, 0.15) is 18.4 Å². The summed E-state index contributed by atoms with van der Waals surface area (Å²) in [6.45, 7) is 3.03. The van der Waals surface area contributed by atoms with Gasteiger partial charge in [0.05, 0.1) is 0 Å². The number of hydrazine groups is 1. The molecule has 94 valence electrons. The fourth-order valence-corrected chi connectivity index (χ4v) is 1.77. The van der Waals surface area contributed by atoms with Crippen molar-refractivity contribution in [1.29, 1.82) is 0 Å². The Bertz CT molecular complexity index is 484. The van der Waals surface area contributed by atoms with Crippen LogP contribution in [0.25, 0.3) is 0 Å². The molecule has 1 unspecified atom stereocenters. The van der Waals surface area contributed by atoms with Crippen molar-refractivity contribution in [2.24, 2.45) is 5.84 Å². The van der Waals surface area contributed by atoms with Crippen molar-refractivity contribution >= 4 is 11.6 Å². The maximum Gasteiger partial charge on any atom is 0.142 e. The summed E-state index contributed by atoms with van der Waals surface area (Å²) in [5, 5.41) is 3.31. The smallest absolute Gasteiger partial charge is 0.142 e. The van der Waals surface area contributed by atoms with Crippen LogP contribution in [0.5, 0.6) is 0 Å². The number of pyridine rings is 1. The normalized spacial score (nSPS) is 11.9. The first-order valence-electron chi connectivity index (χ1n) is 6.02. The third-order valence-corrected chi connectivity index (χ3v) is 2.85. The van der Waals surface area contributed by atoms with Crippen molar-refractivity contribution in [1.82, 2.24) is 4.98 Å². The number of hydrogen-bond acceptors (Lipinski definition) is 4. The van der Waals surface area contributed by atoms with E-state index >= 15 is 0 Å². The van der Waals surface area contributed by atoms with Crippen molar-refractivity contribution in [3.63, 3.8) is 0 Å². The number of benzene rings is 1. The summed E-state index contributed by atoms with van der Waals surface area (Å²) in [5.41, 5.74) is 3.85. The zero-order valence-corrected chi connectivity index (χ0v) is 10.4. The number of aromatic nitrogens is 1. The van der Waals surface area contributed by atoms with Crippen LogP contribution >= 0.6 is 0 Å². The first-order valence-corrected chi connectivity index (χ1v) is 6.02. The Hall–Kier alpha value is -2.07. The highest BCUT2D eigenvalue weighted by Crippen LogP contribution is 2.15. The molecule has 0 amide bonds. The van der Waals surface area contributed by atoms with Gasteiger partial charge in [-0.2, -0.15) is 0 Å². The van der Waals surface area contributed by atoms with Gasteiger partial charge in [-0.25, -0.2) is 10.8 Å². The molecule has 1 aromatic carbocycles. The number of nitrogens with two attached hydrogens (primary N) is 1. The van der Waals surface area contributed by atoms with Crippen molar-refractivity contribution in [3.05, 3.63) is 54.1 Å². The zero-order chi connectivity index (χ0) is 12.8. The van der Waals surface area contributed by atoms with E-state index in [4.69, 9.17) is 5.84 Å². The second-order valence-corrected chi connectivity index (χ2v) is 4.25. The molecule has 0 aliphatic heterocycles. The zero-order valence-electron chi connectivity index (χ0n) is 10.4. The van der Waals surface area contributed by atoms with Gasteiger partial charge in [-0.15, -0.1) is 0 Å². The Kier molecular flexibility index (Phi) is 4.15. The molecule has 4 N–H and O–H groups in total. The molecule has 0 saturated heterocycles. The van der Waals surface area contributed by atoms with Gasteiger partial charge in [-0.05, 0) is 23.6 Å². The summed E-state index contributed by atoms with van der Waals surface area (Å²) in [5.74, 6) is 7.24. The summed E-state index contributed by atoms with van der Waals surface area (Å²) in [4.78, 5) is 4.31. The lowest BCUT2D eigenvalue weighted by Gasteiger charge is -2.13. The monoisotopic (exact) mass is 242 g/mol. The van der Waals surface area contributed by atoms with E-state index in [-0.39, 0.29) is 0 Å². The van der Waals surface area contributed by atoms with E-state index in [1.807, 2.05) is 24.3 Å². The van der Waals surface area contributed by atoms with Gasteiger partial charge in [0.2, 0.25) is 0 Å². The molecule has 0 aliphatic rings. The molecule has 1 heterocycles. The minimum absolute atomic E-state index is 0.433. The lowest BCUT2D eigenvalue weighted by atomic mass is 10.0. The molecule has 18 heavy (non-hydrogen) atoms. The van der Waals surface area contributed by atoms with Gasteiger partial charge in [0, 0.05) is 6.54 Å². The molecule has 0 saturated carbocycles. The van der Waals surface area contributed by atoms with Crippen LogP contribution in [0.15, 0.2) is 48.5 Å². The maximum absolute atomic E-state index is 5.33. The highest BCUT2D eigenvalue weighted by Gasteiger charge is 2.04. The fourth-order valence-electron chi connectivity index (χ4n) is 1.77. The molecule has 0 radical (unpaired) electrons. The summed E-state index contributed by atoms with van der Waals surface area (Å²) < 4.78 is 0. The van der Waals surface area contributed by atoms with E-state index in [0.29, 0.717) is 11.7 Å². The molecule has 0 aliphatic carbocycles. The van der Waals surface area contributed by atoms with Crippen molar-refractivity contribution < 1.29 is 0 Å². The number of anilines is 2. The van der Waals surface area contributed by atoms with E-state index in [2.05, 4.69) is 46.9 Å². The van der Waals surface area contributed by atoms with E-state index in [1.54, 1.807) is 0 Å². The molecule has 0 spiro atoms. The topological polar surface area (TPSA) is 63.0 Å². The first kappa shape index (κ1) is 12.4. The number of hydrogen-bond donors (Lipinski definition) is 3. The third kappa shape index (κ3) is 3.21. The highest BCUT2D eigenvalue weighted by molar-refractivity contribution is 5.44. The average Bonchev–Trinajstić information content (AvgIpc) is 2.46. The van der Waals surface area contributed by atoms with Crippen molar-refractivity contribution in [3.8, 4) is 0 Å². The van der Waals surface area contributed by atoms with E-state index < -0.39 is 0 Å². The maximum atomic E-state index is 5.33. The van der Waals surface area contributed by atoms with Crippen LogP contribution in [0, 0.1) is 0 Å². The molecule has 2 aromatic rings. The quantitative estimate of drug-likeness (QED) is 0.557. The standard InChI is InChI=1S/C14H18N4/c1-11(12-6-3-2-4-7-12)10-16-13-8-5-9-14(17-13)18-15/h2-9,11H,10,15H2,1H3,(H2,16,17,18). The number of nitrogens with zero attached hydrogens (tertiary/aromatic N) is 1. The number of rotatable bonds is 5. The highest BCUT2D eigenvalue weighted by atomic mass is 15.3. The van der Waals surface area contributed by atoms with Gasteiger partial charge in [-0.1, -0.05) is 43.3 Å². The molecular weight excluding hydrogens is 224 g/mol. The molecule has 1 aromatic heterocycles. The predicted octanol–water partition coefficient (Wildman–Crippen LogP) is 2.58. The minimum atomic E-state index is 0.433. The Morgan fingerprint density at radius 1 is 1.06 bits per heavy atom.